The molecule has 8 nitrogen and oxygen atoms in total. The van der Waals surface area contributed by atoms with Crippen molar-refractivity contribution in [1.29, 1.82) is 0 Å². The summed E-state index contributed by atoms with van der Waals surface area (Å²) >= 11 is 0. The maximum absolute atomic E-state index is 12.2. The predicted octanol–water partition coefficient (Wildman–Crippen LogP) is 2.15. The van der Waals surface area contributed by atoms with Crippen molar-refractivity contribution in [2.75, 3.05) is 12.5 Å². The number of fused-ring (bicyclic) bond motifs is 1. The van der Waals surface area contributed by atoms with E-state index in [0.717, 1.165) is 15.9 Å². The van der Waals surface area contributed by atoms with Crippen LogP contribution in [0.5, 0.6) is 0 Å². The number of hydrogen-bond acceptors (Lipinski definition) is 6. The molecule has 122 valence electrons. The van der Waals surface area contributed by atoms with E-state index in [2.05, 4.69) is 10.5 Å². The van der Waals surface area contributed by atoms with Crippen LogP contribution in [0.1, 0.15) is 15.9 Å². The highest BCUT2D eigenvalue weighted by Gasteiger charge is 2.36. The molecule has 0 bridgehead atoms. The summed E-state index contributed by atoms with van der Waals surface area (Å²) in [7, 11) is -0.387. The van der Waals surface area contributed by atoms with Crippen LogP contribution in [0.2, 0.25) is 0 Å². The van der Waals surface area contributed by atoms with E-state index < -0.39 is 21.8 Å². The number of hydrazone groups is 1. The Balaban J connectivity index is 2.00. The largest absolute Gasteiger partial charge is 0.277 e. The number of benzene rings is 2. The van der Waals surface area contributed by atoms with Crippen molar-refractivity contribution < 1.29 is 13.9 Å². The SMILES string of the molecule is CN1C(=O)c2c(N/N=C\c3ccccc3)cc([N+](=O)[O-])cc2S1=O. The van der Waals surface area contributed by atoms with Crippen molar-refractivity contribution in [2.45, 2.75) is 4.90 Å². The average Bonchev–Trinajstić information content (AvgIpc) is 2.80. The van der Waals surface area contributed by atoms with Gasteiger partial charge in [0.25, 0.3) is 11.6 Å². The van der Waals surface area contributed by atoms with Crippen LogP contribution >= 0.6 is 0 Å². The van der Waals surface area contributed by atoms with E-state index in [1.807, 2.05) is 30.3 Å². The van der Waals surface area contributed by atoms with Crippen LogP contribution in [0.15, 0.2) is 52.5 Å². The quantitative estimate of drug-likeness (QED) is 0.520. The van der Waals surface area contributed by atoms with Gasteiger partial charge in [-0.15, -0.1) is 0 Å². The molecule has 3 rings (SSSR count). The Bertz CT molecular complexity index is 883. The molecule has 1 heterocycles. The van der Waals surface area contributed by atoms with Crippen LogP contribution < -0.4 is 5.43 Å². The molecule has 2 aromatic rings. The van der Waals surface area contributed by atoms with E-state index in [1.165, 1.54) is 19.3 Å². The van der Waals surface area contributed by atoms with Crippen molar-refractivity contribution in [3.63, 3.8) is 0 Å². The van der Waals surface area contributed by atoms with Crippen LogP contribution in [0.25, 0.3) is 0 Å². The van der Waals surface area contributed by atoms with Crippen molar-refractivity contribution in [3.8, 4) is 0 Å². The van der Waals surface area contributed by atoms with Gasteiger partial charge in [0.15, 0.2) is 11.0 Å². The number of carbonyl (C=O) groups is 1. The fourth-order valence-electron chi connectivity index (χ4n) is 2.25. The summed E-state index contributed by atoms with van der Waals surface area (Å²) in [5, 5.41) is 15.1. The van der Waals surface area contributed by atoms with Gasteiger partial charge in [0.05, 0.1) is 27.3 Å². The number of anilines is 1. The number of nitrogens with zero attached hydrogens (tertiary/aromatic N) is 3. The molecule has 0 radical (unpaired) electrons. The number of hydrogen-bond donors (Lipinski definition) is 1. The van der Waals surface area contributed by atoms with Crippen LogP contribution in [-0.2, 0) is 11.0 Å². The second-order valence-corrected chi connectivity index (χ2v) is 6.44. The molecular formula is C15H12N4O4S. The fraction of sp³-hybridized carbons (Fsp3) is 0.0667. The lowest BCUT2D eigenvalue weighted by molar-refractivity contribution is -0.385. The highest BCUT2D eigenvalue weighted by molar-refractivity contribution is 7.84. The Morgan fingerprint density at radius 3 is 2.67 bits per heavy atom. The smallest absolute Gasteiger partial charge is 0.272 e. The first kappa shape index (κ1) is 15.8. The molecule has 1 atom stereocenters. The van der Waals surface area contributed by atoms with Gasteiger partial charge in [-0.3, -0.25) is 24.6 Å². The van der Waals surface area contributed by atoms with Gasteiger partial charge in [-0.25, -0.2) is 4.21 Å². The van der Waals surface area contributed by atoms with Gasteiger partial charge in [0.2, 0.25) is 0 Å². The van der Waals surface area contributed by atoms with Crippen LogP contribution in [0, 0.1) is 10.1 Å². The van der Waals surface area contributed by atoms with Gasteiger partial charge in [0.1, 0.15) is 0 Å². The lowest BCUT2D eigenvalue weighted by Gasteiger charge is -2.05. The molecule has 0 saturated carbocycles. The second-order valence-electron chi connectivity index (χ2n) is 4.96. The molecule has 1 N–H and O–H groups in total. The maximum Gasteiger partial charge on any atom is 0.272 e. The standard InChI is InChI=1S/C15H12N4O4S/c1-18-15(20)14-12(17-16-9-10-5-3-2-4-6-10)7-11(19(21)22)8-13(14)24(18)23/h2-9,17H,1H3/b16-9-. The van der Waals surface area contributed by atoms with Gasteiger partial charge in [-0.05, 0) is 5.56 Å². The molecule has 2 aromatic carbocycles. The van der Waals surface area contributed by atoms with Gasteiger partial charge in [0, 0.05) is 19.2 Å². The molecule has 0 spiro atoms. The van der Waals surface area contributed by atoms with Crippen molar-refractivity contribution in [3.05, 3.63) is 63.7 Å². The third-order valence-electron chi connectivity index (χ3n) is 3.43. The molecule has 0 aliphatic carbocycles. The third-order valence-corrected chi connectivity index (χ3v) is 4.79. The first-order chi connectivity index (χ1) is 11.5. The minimum absolute atomic E-state index is 0.106. The number of non-ortho nitro benzene ring substituents is 1. The number of nitro benzene ring substituents is 1. The van der Waals surface area contributed by atoms with E-state index in [-0.39, 0.29) is 21.8 Å². The van der Waals surface area contributed by atoms with E-state index in [4.69, 9.17) is 0 Å². The van der Waals surface area contributed by atoms with Crippen molar-refractivity contribution in [2.24, 2.45) is 5.10 Å². The predicted molar refractivity (Wildman–Crippen MR) is 89.3 cm³/mol. The van der Waals surface area contributed by atoms with E-state index in [1.54, 1.807) is 0 Å². The Kier molecular flexibility index (Phi) is 4.09. The van der Waals surface area contributed by atoms with Gasteiger partial charge in [-0.1, -0.05) is 30.3 Å². The van der Waals surface area contributed by atoms with Crippen LogP contribution in [0.3, 0.4) is 0 Å². The summed E-state index contributed by atoms with van der Waals surface area (Å²) in [6.07, 6.45) is 1.52. The molecule has 9 heteroatoms. The van der Waals surface area contributed by atoms with Crippen molar-refractivity contribution in [1.82, 2.24) is 4.31 Å². The lowest BCUT2D eigenvalue weighted by Crippen LogP contribution is -2.20. The molecule has 1 unspecified atom stereocenters. The zero-order valence-corrected chi connectivity index (χ0v) is 13.3. The molecule has 0 saturated heterocycles. The highest BCUT2D eigenvalue weighted by Crippen LogP contribution is 2.35. The molecule has 1 amide bonds. The molecule has 1 aliphatic rings. The fourth-order valence-corrected chi connectivity index (χ4v) is 3.38. The summed E-state index contributed by atoms with van der Waals surface area (Å²) in [6.45, 7) is 0. The first-order valence-electron chi connectivity index (χ1n) is 6.85. The Morgan fingerprint density at radius 2 is 2.00 bits per heavy atom. The van der Waals surface area contributed by atoms with E-state index in [0.29, 0.717) is 0 Å². The summed E-state index contributed by atoms with van der Waals surface area (Å²) in [4.78, 5) is 22.8. The Hall–Kier alpha value is -3.07. The molecule has 0 fully saturated rings. The van der Waals surface area contributed by atoms with Gasteiger partial charge >= 0.3 is 0 Å². The summed E-state index contributed by atoms with van der Waals surface area (Å²) in [5.41, 5.74) is 3.48. The number of rotatable bonds is 4. The second kappa shape index (κ2) is 6.20. The number of nitro groups is 1. The normalized spacial score (nSPS) is 16.5. The summed E-state index contributed by atoms with van der Waals surface area (Å²) < 4.78 is 13.2. The maximum atomic E-state index is 12.2. The van der Waals surface area contributed by atoms with Crippen LogP contribution in [-0.4, -0.2) is 32.6 Å². The number of nitrogens with one attached hydrogen (secondary N) is 1. The van der Waals surface area contributed by atoms with E-state index >= 15 is 0 Å². The Labute approximate surface area is 139 Å². The zero-order chi connectivity index (χ0) is 17.3. The van der Waals surface area contributed by atoms with Crippen LogP contribution in [0.4, 0.5) is 11.4 Å². The zero-order valence-electron chi connectivity index (χ0n) is 12.5. The minimum atomic E-state index is -1.76. The van der Waals surface area contributed by atoms with Crippen molar-refractivity contribution >= 4 is 34.5 Å². The van der Waals surface area contributed by atoms with Gasteiger partial charge in [-0.2, -0.15) is 5.10 Å². The first-order valence-corrected chi connectivity index (χ1v) is 7.96. The highest BCUT2D eigenvalue weighted by atomic mass is 32.2. The average molecular weight is 344 g/mol. The third kappa shape index (κ3) is 2.76. The molecular weight excluding hydrogens is 332 g/mol. The number of carbonyl (C=O) groups excluding carboxylic acids is 1. The topological polar surface area (TPSA) is 105 Å². The lowest BCUT2D eigenvalue weighted by atomic mass is 10.1. The molecule has 0 aromatic heterocycles. The summed E-state index contributed by atoms with van der Waals surface area (Å²) in [6, 6.07) is 11.6. The summed E-state index contributed by atoms with van der Waals surface area (Å²) in [5.74, 6) is -0.476. The molecule has 1 aliphatic heterocycles. The number of amides is 1. The van der Waals surface area contributed by atoms with E-state index in [9.17, 15) is 19.1 Å². The monoisotopic (exact) mass is 344 g/mol. The Morgan fingerprint density at radius 1 is 1.29 bits per heavy atom. The minimum Gasteiger partial charge on any atom is -0.277 e. The molecule has 24 heavy (non-hydrogen) atoms. The van der Waals surface area contributed by atoms with Gasteiger partial charge < -0.3 is 0 Å².